The van der Waals surface area contributed by atoms with Gasteiger partial charge in [0, 0.05) is 26.1 Å². The van der Waals surface area contributed by atoms with Gasteiger partial charge in [-0.3, -0.25) is 9.69 Å². The van der Waals surface area contributed by atoms with E-state index in [-0.39, 0.29) is 5.97 Å². The number of nitrogens with zero attached hydrogens (tertiary/aromatic N) is 1. The Morgan fingerprint density at radius 3 is 2.71 bits per heavy atom. The van der Waals surface area contributed by atoms with E-state index in [9.17, 15) is 4.79 Å². The molecule has 1 aliphatic heterocycles. The van der Waals surface area contributed by atoms with E-state index >= 15 is 0 Å². The summed E-state index contributed by atoms with van der Waals surface area (Å²) >= 11 is 0. The lowest BCUT2D eigenvalue weighted by molar-refractivity contribution is -0.144. The van der Waals surface area contributed by atoms with E-state index in [0.29, 0.717) is 13.0 Å². The Hall–Kier alpha value is -0.610. The van der Waals surface area contributed by atoms with Gasteiger partial charge >= 0.3 is 5.97 Å². The topological polar surface area (TPSA) is 38.8 Å². The van der Waals surface area contributed by atoms with Gasteiger partial charge in [0.1, 0.15) is 6.61 Å². The summed E-state index contributed by atoms with van der Waals surface area (Å²) in [7, 11) is 0. The number of hydrogen-bond acceptors (Lipinski definition) is 4. The zero-order chi connectivity index (χ0) is 12.3. The lowest BCUT2D eigenvalue weighted by Crippen LogP contribution is -2.38. The highest BCUT2D eigenvalue weighted by Crippen LogP contribution is 2.03. The van der Waals surface area contributed by atoms with Crippen LogP contribution in [-0.4, -0.2) is 50.3 Å². The van der Waals surface area contributed by atoms with Crippen LogP contribution < -0.4 is 0 Å². The summed E-state index contributed by atoms with van der Waals surface area (Å²) in [5.74, 6) is -0.0469. The summed E-state index contributed by atoms with van der Waals surface area (Å²) < 4.78 is 10.5. The van der Waals surface area contributed by atoms with Crippen molar-refractivity contribution in [2.24, 2.45) is 0 Å². The first-order chi connectivity index (χ1) is 8.33. The smallest absolute Gasteiger partial charge is 0.305 e. The highest BCUT2D eigenvalue weighted by Gasteiger charge is 2.10. The van der Waals surface area contributed by atoms with Gasteiger partial charge in [-0.05, 0) is 6.42 Å². The van der Waals surface area contributed by atoms with Gasteiger partial charge in [-0.15, -0.1) is 0 Å². The van der Waals surface area contributed by atoms with Crippen LogP contribution in [0.4, 0.5) is 0 Å². The molecule has 4 heteroatoms. The molecule has 0 atom stereocenters. The number of hydrogen-bond donors (Lipinski definition) is 0. The number of rotatable bonds is 8. The molecule has 1 rings (SSSR count). The Bertz CT molecular complexity index is 203. The number of morpholine rings is 1. The molecule has 0 aliphatic carbocycles. The van der Waals surface area contributed by atoms with Gasteiger partial charge in [0.25, 0.3) is 0 Å². The van der Waals surface area contributed by atoms with Gasteiger partial charge in [-0.1, -0.05) is 26.2 Å². The van der Waals surface area contributed by atoms with Crippen LogP contribution in [0.5, 0.6) is 0 Å². The predicted octanol–water partition coefficient (Wildman–Crippen LogP) is 1.83. The molecule has 1 heterocycles. The highest BCUT2D eigenvalue weighted by atomic mass is 16.5. The maximum absolute atomic E-state index is 11.4. The fourth-order valence-corrected chi connectivity index (χ4v) is 1.88. The molecule has 4 nitrogen and oxygen atoms in total. The van der Waals surface area contributed by atoms with Crippen LogP contribution in [0, 0.1) is 0 Å². The standard InChI is InChI=1S/C13H25NO3/c1-2-3-4-5-6-13(15)17-12-9-14-7-10-16-11-8-14/h2-12H2,1H3. The van der Waals surface area contributed by atoms with Gasteiger partial charge in [-0.25, -0.2) is 0 Å². The molecule has 0 aromatic rings. The molecule has 1 fully saturated rings. The van der Waals surface area contributed by atoms with Gasteiger partial charge in [-0.2, -0.15) is 0 Å². The second kappa shape index (κ2) is 9.42. The molecular weight excluding hydrogens is 218 g/mol. The highest BCUT2D eigenvalue weighted by molar-refractivity contribution is 5.69. The van der Waals surface area contributed by atoms with Crippen molar-refractivity contribution in [2.45, 2.75) is 39.0 Å². The van der Waals surface area contributed by atoms with Crippen LogP contribution in [0.2, 0.25) is 0 Å². The maximum atomic E-state index is 11.4. The second-order valence-electron chi connectivity index (χ2n) is 4.49. The van der Waals surface area contributed by atoms with Gasteiger partial charge < -0.3 is 9.47 Å². The van der Waals surface area contributed by atoms with Crippen LogP contribution in [0.3, 0.4) is 0 Å². The van der Waals surface area contributed by atoms with Crippen molar-refractivity contribution in [1.82, 2.24) is 4.90 Å². The first-order valence-electron chi connectivity index (χ1n) is 6.78. The minimum absolute atomic E-state index is 0.0469. The monoisotopic (exact) mass is 243 g/mol. The van der Waals surface area contributed by atoms with Gasteiger partial charge in [0.05, 0.1) is 13.2 Å². The van der Waals surface area contributed by atoms with Crippen LogP contribution in [0.15, 0.2) is 0 Å². The predicted molar refractivity (Wildman–Crippen MR) is 67.0 cm³/mol. The van der Waals surface area contributed by atoms with E-state index in [1.807, 2.05) is 0 Å². The normalized spacial score (nSPS) is 17.0. The van der Waals surface area contributed by atoms with Crippen molar-refractivity contribution in [1.29, 1.82) is 0 Å². The fourth-order valence-electron chi connectivity index (χ4n) is 1.88. The second-order valence-corrected chi connectivity index (χ2v) is 4.49. The first kappa shape index (κ1) is 14.5. The summed E-state index contributed by atoms with van der Waals surface area (Å²) in [6.45, 7) is 7.02. The third-order valence-electron chi connectivity index (χ3n) is 3.01. The van der Waals surface area contributed by atoms with Crippen molar-refractivity contribution < 1.29 is 14.3 Å². The number of unbranched alkanes of at least 4 members (excludes halogenated alkanes) is 3. The average molecular weight is 243 g/mol. The minimum atomic E-state index is -0.0469. The zero-order valence-electron chi connectivity index (χ0n) is 11.0. The molecule has 1 saturated heterocycles. The van der Waals surface area contributed by atoms with Crippen molar-refractivity contribution in [3.63, 3.8) is 0 Å². The van der Waals surface area contributed by atoms with Gasteiger partial charge in [0.15, 0.2) is 0 Å². The lowest BCUT2D eigenvalue weighted by atomic mass is 10.2. The Kier molecular flexibility index (Phi) is 8.01. The molecule has 0 aromatic heterocycles. The molecule has 1 aliphatic rings. The maximum Gasteiger partial charge on any atom is 0.305 e. The van der Waals surface area contributed by atoms with Gasteiger partial charge in [0.2, 0.25) is 0 Å². The van der Waals surface area contributed by atoms with Crippen LogP contribution >= 0.6 is 0 Å². The molecule has 100 valence electrons. The molecule has 0 bridgehead atoms. The summed E-state index contributed by atoms with van der Waals surface area (Å²) in [6, 6.07) is 0. The Labute approximate surface area is 104 Å². The summed E-state index contributed by atoms with van der Waals surface area (Å²) in [4.78, 5) is 13.7. The largest absolute Gasteiger partial charge is 0.464 e. The van der Waals surface area contributed by atoms with Crippen molar-refractivity contribution >= 4 is 5.97 Å². The minimum Gasteiger partial charge on any atom is -0.464 e. The molecule has 0 N–H and O–H groups in total. The molecule has 0 aromatic carbocycles. The quantitative estimate of drug-likeness (QED) is 0.481. The van der Waals surface area contributed by atoms with Crippen molar-refractivity contribution in [3.05, 3.63) is 0 Å². The number of ether oxygens (including phenoxy) is 2. The number of carbonyl (C=O) groups is 1. The average Bonchev–Trinajstić information content (AvgIpc) is 2.36. The molecule has 0 spiro atoms. The van der Waals surface area contributed by atoms with Crippen molar-refractivity contribution in [3.8, 4) is 0 Å². The molecule has 0 saturated carbocycles. The summed E-state index contributed by atoms with van der Waals surface area (Å²) in [6.07, 6.45) is 5.08. The van der Waals surface area contributed by atoms with E-state index in [0.717, 1.165) is 45.7 Å². The molecule has 0 unspecified atom stereocenters. The Morgan fingerprint density at radius 1 is 1.24 bits per heavy atom. The fraction of sp³-hybridized carbons (Fsp3) is 0.923. The van der Waals surface area contributed by atoms with Crippen LogP contribution in [0.25, 0.3) is 0 Å². The summed E-state index contributed by atoms with van der Waals surface area (Å²) in [5.41, 5.74) is 0. The van der Waals surface area contributed by atoms with E-state index in [1.54, 1.807) is 0 Å². The Balaban J connectivity index is 1.92. The van der Waals surface area contributed by atoms with Crippen LogP contribution in [0.1, 0.15) is 39.0 Å². The summed E-state index contributed by atoms with van der Waals surface area (Å²) in [5, 5.41) is 0. The van der Waals surface area contributed by atoms with E-state index in [4.69, 9.17) is 9.47 Å². The number of carbonyl (C=O) groups excluding carboxylic acids is 1. The molecule has 17 heavy (non-hydrogen) atoms. The molecular formula is C13H25NO3. The van der Waals surface area contributed by atoms with E-state index < -0.39 is 0 Å². The zero-order valence-corrected chi connectivity index (χ0v) is 11.0. The van der Waals surface area contributed by atoms with E-state index in [1.165, 1.54) is 12.8 Å². The Morgan fingerprint density at radius 2 is 2.00 bits per heavy atom. The molecule has 0 radical (unpaired) electrons. The van der Waals surface area contributed by atoms with E-state index in [2.05, 4.69) is 11.8 Å². The third-order valence-corrected chi connectivity index (χ3v) is 3.01. The van der Waals surface area contributed by atoms with Crippen molar-refractivity contribution in [2.75, 3.05) is 39.5 Å². The first-order valence-corrected chi connectivity index (χ1v) is 6.78. The number of esters is 1. The third kappa shape index (κ3) is 7.34. The van der Waals surface area contributed by atoms with Crippen LogP contribution in [-0.2, 0) is 14.3 Å². The lowest BCUT2D eigenvalue weighted by Gasteiger charge is -2.26. The molecule has 0 amide bonds. The SMILES string of the molecule is CCCCCCC(=O)OCCN1CCOCC1.